The summed E-state index contributed by atoms with van der Waals surface area (Å²) in [5, 5.41) is 0.493. The molecule has 90 valence electrons. The lowest BCUT2D eigenvalue weighted by Crippen LogP contribution is -2.05. The van der Waals surface area contributed by atoms with Crippen molar-refractivity contribution in [3.63, 3.8) is 0 Å². The van der Waals surface area contributed by atoms with Crippen LogP contribution in [0.3, 0.4) is 0 Å². The van der Waals surface area contributed by atoms with Crippen LogP contribution in [0.4, 0.5) is 0 Å². The summed E-state index contributed by atoms with van der Waals surface area (Å²) in [6.07, 6.45) is 4.37. The summed E-state index contributed by atoms with van der Waals surface area (Å²) in [5.41, 5.74) is 0.906. The highest BCUT2D eigenvalue weighted by Gasteiger charge is 2.09. The first kappa shape index (κ1) is 12.0. The minimum atomic E-state index is 0.272. The minimum absolute atomic E-state index is 0.272. The van der Waals surface area contributed by atoms with E-state index in [2.05, 4.69) is 28.8 Å². The van der Waals surface area contributed by atoms with Crippen molar-refractivity contribution in [3.05, 3.63) is 41.0 Å². The van der Waals surface area contributed by atoms with Crippen molar-refractivity contribution in [2.75, 3.05) is 0 Å². The fourth-order valence-corrected chi connectivity index (χ4v) is 1.77. The van der Waals surface area contributed by atoms with E-state index in [-0.39, 0.29) is 5.92 Å². The van der Waals surface area contributed by atoms with Gasteiger partial charge in [-0.2, -0.15) is 0 Å². The van der Waals surface area contributed by atoms with Gasteiger partial charge in [-0.25, -0.2) is 15.0 Å². The van der Waals surface area contributed by atoms with Crippen molar-refractivity contribution < 1.29 is 0 Å². The van der Waals surface area contributed by atoms with Crippen LogP contribution in [0.2, 0.25) is 5.15 Å². The zero-order valence-electron chi connectivity index (χ0n) is 10.2. The fourth-order valence-electron chi connectivity index (χ4n) is 1.56. The summed E-state index contributed by atoms with van der Waals surface area (Å²) in [7, 11) is 1.97. The summed E-state index contributed by atoms with van der Waals surface area (Å²) in [6.45, 7) is 4.10. The molecule has 0 aromatic carbocycles. The monoisotopic (exact) mass is 250 g/mol. The predicted octanol–water partition coefficient (Wildman–Crippen LogP) is 2.58. The normalized spacial score (nSPS) is 11.1. The molecule has 0 saturated carbocycles. The molecule has 0 aliphatic carbocycles. The molecule has 0 aliphatic rings. The number of nitrogens with zero attached hydrogens (tertiary/aromatic N) is 4. The number of aromatic nitrogens is 4. The zero-order valence-corrected chi connectivity index (χ0v) is 10.9. The Balaban J connectivity index is 2.30. The molecule has 2 aromatic heterocycles. The van der Waals surface area contributed by atoms with E-state index in [0.717, 1.165) is 17.3 Å². The molecule has 17 heavy (non-hydrogen) atoms. The molecule has 0 fully saturated rings. The van der Waals surface area contributed by atoms with Crippen LogP contribution in [0.15, 0.2) is 18.5 Å². The van der Waals surface area contributed by atoms with Gasteiger partial charge in [0.2, 0.25) is 0 Å². The highest BCUT2D eigenvalue weighted by Crippen LogP contribution is 2.15. The van der Waals surface area contributed by atoms with Crippen molar-refractivity contribution in [2.24, 2.45) is 7.05 Å². The van der Waals surface area contributed by atoms with Crippen molar-refractivity contribution in [1.82, 2.24) is 19.5 Å². The van der Waals surface area contributed by atoms with E-state index >= 15 is 0 Å². The molecule has 0 saturated heterocycles. The Morgan fingerprint density at radius 3 is 2.71 bits per heavy atom. The molecule has 0 amide bonds. The van der Waals surface area contributed by atoms with Gasteiger partial charge in [0.05, 0.1) is 5.69 Å². The molecule has 0 aliphatic heterocycles. The van der Waals surface area contributed by atoms with E-state index in [0.29, 0.717) is 11.6 Å². The van der Waals surface area contributed by atoms with Gasteiger partial charge < -0.3 is 4.57 Å². The number of halogens is 1. The van der Waals surface area contributed by atoms with Crippen molar-refractivity contribution in [2.45, 2.75) is 26.2 Å². The van der Waals surface area contributed by atoms with Crippen molar-refractivity contribution >= 4 is 11.6 Å². The van der Waals surface area contributed by atoms with E-state index in [4.69, 9.17) is 11.6 Å². The smallest absolute Gasteiger partial charge is 0.133 e. The van der Waals surface area contributed by atoms with E-state index in [1.54, 1.807) is 12.3 Å². The number of hydrogen-bond donors (Lipinski definition) is 0. The highest BCUT2D eigenvalue weighted by molar-refractivity contribution is 6.29. The summed E-state index contributed by atoms with van der Waals surface area (Å²) in [4.78, 5) is 13.0. The average molecular weight is 251 g/mol. The Morgan fingerprint density at radius 1 is 1.35 bits per heavy atom. The van der Waals surface area contributed by atoms with Gasteiger partial charge in [0, 0.05) is 31.8 Å². The first-order valence-corrected chi connectivity index (χ1v) is 5.93. The second-order valence-electron chi connectivity index (χ2n) is 4.33. The Morgan fingerprint density at radius 2 is 2.12 bits per heavy atom. The second kappa shape index (κ2) is 4.84. The molecule has 2 rings (SSSR count). The summed E-state index contributed by atoms with van der Waals surface area (Å²) >= 11 is 6.00. The van der Waals surface area contributed by atoms with Crippen LogP contribution in [0.1, 0.15) is 37.1 Å². The van der Waals surface area contributed by atoms with Crippen molar-refractivity contribution in [3.8, 4) is 0 Å². The molecule has 2 aromatic rings. The van der Waals surface area contributed by atoms with Gasteiger partial charge in [-0.3, -0.25) is 0 Å². The third-order valence-electron chi connectivity index (χ3n) is 2.54. The minimum Gasteiger partial charge on any atom is -0.338 e. The summed E-state index contributed by atoms with van der Waals surface area (Å²) in [6, 6.07) is 1.79. The Hall–Kier alpha value is -1.42. The molecule has 0 unspecified atom stereocenters. The molecular weight excluding hydrogens is 236 g/mol. The lowest BCUT2D eigenvalue weighted by Gasteiger charge is -2.07. The van der Waals surface area contributed by atoms with Gasteiger partial charge >= 0.3 is 0 Å². The van der Waals surface area contributed by atoms with Crippen LogP contribution in [0.5, 0.6) is 0 Å². The maximum atomic E-state index is 6.00. The van der Waals surface area contributed by atoms with Gasteiger partial charge in [-0.1, -0.05) is 25.4 Å². The quantitative estimate of drug-likeness (QED) is 0.787. The van der Waals surface area contributed by atoms with Crippen LogP contribution in [-0.4, -0.2) is 19.5 Å². The van der Waals surface area contributed by atoms with E-state index in [9.17, 15) is 0 Å². The van der Waals surface area contributed by atoms with Crippen LogP contribution < -0.4 is 0 Å². The Kier molecular flexibility index (Phi) is 3.43. The number of hydrogen-bond acceptors (Lipinski definition) is 3. The van der Waals surface area contributed by atoms with Crippen LogP contribution in [0, 0.1) is 0 Å². The molecule has 4 nitrogen and oxygen atoms in total. The van der Waals surface area contributed by atoms with Gasteiger partial charge in [0.25, 0.3) is 0 Å². The van der Waals surface area contributed by atoms with E-state index < -0.39 is 0 Å². The second-order valence-corrected chi connectivity index (χ2v) is 4.71. The van der Waals surface area contributed by atoms with Crippen molar-refractivity contribution in [1.29, 1.82) is 0 Å². The van der Waals surface area contributed by atoms with Gasteiger partial charge in [0.1, 0.15) is 16.8 Å². The maximum absolute atomic E-state index is 6.00. The standard InChI is InChI=1S/C12H15ClN4/c1-8(2)12-15-9(6-10(13)16-12)7-11-14-4-5-17(11)3/h4-6,8H,7H2,1-3H3. The lowest BCUT2D eigenvalue weighted by molar-refractivity contribution is 0.748. The zero-order chi connectivity index (χ0) is 12.4. The third kappa shape index (κ3) is 2.82. The molecule has 5 heteroatoms. The molecular formula is C12H15ClN4. The van der Waals surface area contributed by atoms with E-state index in [1.807, 2.05) is 17.8 Å². The molecule has 0 bridgehead atoms. The summed E-state index contributed by atoms with van der Waals surface area (Å²) in [5.74, 6) is 2.02. The molecule has 0 radical (unpaired) electrons. The SMILES string of the molecule is CC(C)c1nc(Cl)cc(Cc2nccn2C)n1. The molecule has 0 N–H and O–H groups in total. The molecule has 0 atom stereocenters. The maximum Gasteiger partial charge on any atom is 0.133 e. The Labute approximate surface area is 106 Å². The first-order valence-electron chi connectivity index (χ1n) is 5.56. The predicted molar refractivity (Wildman–Crippen MR) is 67.1 cm³/mol. The van der Waals surface area contributed by atoms with Crippen LogP contribution in [0.25, 0.3) is 0 Å². The van der Waals surface area contributed by atoms with Crippen LogP contribution in [-0.2, 0) is 13.5 Å². The summed E-state index contributed by atoms with van der Waals surface area (Å²) < 4.78 is 1.98. The fraction of sp³-hybridized carbons (Fsp3) is 0.417. The van der Waals surface area contributed by atoms with Gasteiger partial charge in [-0.15, -0.1) is 0 Å². The van der Waals surface area contributed by atoms with Crippen LogP contribution >= 0.6 is 11.6 Å². The number of aryl methyl sites for hydroxylation is 1. The van der Waals surface area contributed by atoms with Gasteiger partial charge in [0.15, 0.2) is 0 Å². The average Bonchev–Trinajstić information content (AvgIpc) is 2.63. The molecule has 2 heterocycles. The first-order chi connectivity index (χ1) is 8.06. The van der Waals surface area contributed by atoms with E-state index in [1.165, 1.54) is 0 Å². The largest absolute Gasteiger partial charge is 0.338 e. The number of imidazole rings is 1. The molecule has 0 spiro atoms. The van der Waals surface area contributed by atoms with Gasteiger partial charge in [-0.05, 0) is 6.07 Å². The third-order valence-corrected chi connectivity index (χ3v) is 2.74. The number of rotatable bonds is 3. The Bertz CT molecular complexity index is 519. The highest BCUT2D eigenvalue weighted by atomic mass is 35.5. The lowest BCUT2D eigenvalue weighted by atomic mass is 10.2. The topological polar surface area (TPSA) is 43.6 Å².